The highest BCUT2D eigenvalue weighted by molar-refractivity contribution is 4.77. The van der Waals surface area contributed by atoms with E-state index in [2.05, 4.69) is 0 Å². The molecule has 5 heteroatoms. The largest absolute Gasteiger partial charge is 0.415 e. The summed E-state index contributed by atoms with van der Waals surface area (Å²) in [5, 5.41) is 8.54. The van der Waals surface area contributed by atoms with Gasteiger partial charge in [0.15, 0.2) is 6.10 Å². The van der Waals surface area contributed by atoms with Crippen LogP contribution in [0, 0.1) is 0 Å². The van der Waals surface area contributed by atoms with Crippen molar-refractivity contribution in [2.75, 3.05) is 0 Å². The lowest BCUT2D eigenvalue weighted by Gasteiger charge is -2.20. The molecule has 11 heavy (non-hydrogen) atoms. The van der Waals surface area contributed by atoms with Crippen molar-refractivity contribution in [1.82, 2.24) is 0 Å². The van der Waals surface area contributed by atoms with Gasteiger partial charge in [-0.1, -0.05) is 13.3 Å². The van der Waals surface area contributed by atoms with E-state index in [1.165, 1.54) is 0 Å². The van der Waals surface area contributed by atoms with Crippen LogP contribution in [0.3, 0.4) is 0 Å². The van der Waals surface area contributed by atoms with E-state index in [1.54, 1.807) is 6.92 Å². The number of halogens is 3. The van der Waals surface area contributed by atoms with Crippen LogP contribution in [0.25, 0.3) is 0 Å². The second-order valence-corrected chi connectivity index (χ2v) is 2.44. The average Bonchev–Trinajstić information content (AvgIpc) is 1.85. The van der Waals surface area contributed by atoms with Crippen LogP contribution in [-0.4, -0.2) is 23.4 Å². The molecule has 0 aliphatic heterocycles. The predicted octanol–water partition coefficient (Wildman–Crippen LogP) is 1.04. The summed E-state index contributed by atoms with van der Waals surface area (Å²) in [6.45, 7) is 1.71. The van der Waals surface area contributed by atoms with Crippen LogP contribution in [0.4, 0.5) is 13.2 Å². The zero-order chi connectivity index (χ0) is 9.07. The molecule has 0 aliphatic rings. The third-order valence-electron chi connectivity index (χ3n) is 1.36. The monoisotopic (exact) mass is 171 g/mol. The van der Waals surface area contributed by atoms with Crippen LogP contribution >= 0.6 is 0 Å². The second kappa shape index (κ2) is 3.92. The van der Waals surface area contributed by atoms with Crippen LogP contribution < -0.4 is 5.73 Å². The maximum absolute atomic E-state index is 11.7. The van der Waals surface area contributed by atoms with Gasteiger partial charge in [0.05, 0.1) is 0 Å². The standard InChI is InChI=1S/C6H12F3NO/c1-2-3-4(10)5(11)6(7,8)9/h4-5,11H,2-3,10H2,1H3/t4-,5+/m0/s1. The van der Waals surface area contributed by atoms with Crippen molar-refractivity contribution in [3.63, 3.8) is 0 Å². The van der Waals surface area contributed by atoms with Crippen molar-refractivity contribution >= 4 is 0 Å². The van der Waals surface area contributed by atoms with Gasteiger partial charge in [0, 0.05) is 6.04 Å². The number of rotatable bonds is 3. The average molecular weight is 171 g/mol. The van der Waals surface area contributed by atoms with Crippen molar-refractivity contribution in [3.8, 4) is 0 Å². The van der Waals surface area contributed by atoms with Gasteiger partial charge in [-0.3, -0.25) is 0 Å². The number of aliphatic hydroxyl groups excluding tert-OH is 1. The maximum Gasteiger partial charge on any atom is 0.415 e. The summed E-state index contributed by atoms with van der Waals surface area (Å²) in [6, 6.07) is -1.19. The Hall–Kier alpha value is -0.290. The van der Waals surface area contributed by atoms with Crippen molar-refractivity contribution in [3.05, 3.63) is 0 Å². The Balaban J connectivity index is 3.91. The van der Waals surface area contributed by atoms with Crippen LogP contribution in [0.2, 0.25) is 0 Å². The summed E-state index contributed by atoms with van der Waals surface area (Å²) < 4.78 is 35.1. The van der Waals surface area contributed by atoms with Gasteiger partial charge in [-0.05, 0) is 6.42 Å². The summed E-state index contributed by atoms with van der Waals surface area (Å²) in [5.41, 5.74) is 5.04. The molecule has 3 N–H and O–H groups in total. The summed E-state index contributed by atoms with van der Waals surface area (Å²) in [5.74, 6) is 0. The number of nitrogens with two attached hydrogens (primary N) is 1. The highest BCUT2D eigenvalue weighted by atomic mass is 19.4. The molecule has 0 spiro atoms. The highest BCUT2D eigenvalue weighted by Gasteiger charge is 2.41. The Kier molecular flexibility index (Phi) is 3.82. The van der Waals surface area contributed by atoms with E-state index in [0.29, 0.717) is 6.42 Å². The Bertz CT molecular complexity index is 115. The van der Waals surface area contributed by atoms with Gasteiger partial charge in [0.1, 0.15) is 0 Å². The Morgan fingerprint density at radius 2 is 1.91 bits per heavy atom. The molecule has 0 bridgehead atoms. The molecule has 0 aromatic carbocycles. The molecule has 0 heterocycles. The minimum atomic E-state index is -4.59. The van der Waals surface area contributed by atoms with Crippen molar-refractivity contribution in [1.29, 1.82) is 0 Å². The summed E-state index contributed by atoms with van der Waals surface area (Å²) in [4.78, 5) is 0. The summed E-state index contributed by atoms with van der Waals surface area (Å²) in [7, 11) is 0. The molecule has 0 amide bonds. The van der Waals surface area contributed by atoms with E-state index in [0.717, 1.165) is 0 Å². The smallest absolute Gasteiger partial charge is 0.382 e. The predicted molar refractivity (Wildman–Crippen MR) is 34.9 cm³/mol. The molecule has 0 radical (unpaired) electrons. The fourth-order valence-electron chi connectivity index (χ4n) is 0.734. The van der Waals surface area contributed by atoms with Crippen molar-refractivity contribution in [2.45, 2.75) is 38.1 Å². The fraction of sp³-hybridized carbons (Fsp3) is 1.00. The van der Waals surface area contributed by atoms with Gasteiger partial charge in [-0.15, -0.1) is 0 Å². The molecule has 0 fully saturated rings. The highest BCUT2D eigenvalue weighted by Crippen LogP contribution is 2.22. The van der Waals surface area contributed by atoms with Crippen LogP contribution in [0.1, 0.15) is 19.8 Å². The Morgan fingerprint density at radius 1 is 1.45 bits per heavy atom. The van der Waals surface area contributed by atoms with Gasteiger partial charge in [-0.2, -0.15) is 13.2 Å². The topological polar surface area (TPSA) is 46.2 Å². The third kappa shape index (κ3) is 3.57. The molecule has 0 saturated carbocycles. The zero-order valence-electron chi connectivity index (χ0n) is 6.23. The molecule has 68 valence electrons. The van der Waals surface area contributed by atoms with Gasteiger partial charge in [0.25, 0.3) is 0 Å². The van der Waals surface area contributed by atoms with E-state index in [4.69, 9.17) is 10.8 Å². The molecule has 0 unspecified atom stereocenters. The third-order valence-corrected chi connectivity index (χ3v) is 1.36. The lowest BCUT2D eigenvalue weighted by atomic mass is 10.1. The fourth-order valence-corrected chi connectivity index (χ4v) is 0.734. The van der Waals surface area contributed by atoms with E-state index in [1.807, 2.05) is 0 Å². The quantitative estimate of drug-likeness (QED) is 0.666. The molecular weight excluding hydrogens is 159 g/mol. The van der Waals surface area contributed by atoms with Gasteiger partial charge >= 0.3 is 6.18 Å². The Labute approximate surface area is 63.2 Å². The van der Waals surface area contributed by atoms with Crippen molar-refractivity contribution in [2.24, 2.45) is 5.73 Å². The molecule has 0 aromatic rings. The minimum Gasteiger partial charge on any atom is -0.382 e. The van der Waals surface area contributed by atoms with Crippen LogP contribution in [0.5, 0.6) is 0 Å². The molecule has 0 rings (SSSR count). The van der Waals surface area contributed by atoms with Crippen LogP contribution in [-0.2, 0) is 0 Å². The minimum absolute atomic E-state index is 0.181. The first-order valence-electron chi connectivity index (χ1n) is 3.40. The summed E-state index contributed by atoms with van der Waals surface area (Å²) in [6.07, 6.45) is -6.26. The second-order valence-electron chi connectivity index (χ2n) is 2.44. The first-order valence-corrected chi connectivity index (χ1v) is 3.40. The van der Waals surface area contributed by atoms with Crippen molar-refractivity contribution < 1.29 is 18.3 Å². The number of hydrogen-bond donors (Lipinski definition) is 2. The lowest BCUT2D eigenvalue weighted by Crippen LogP contribution is -2.44. The molecule has 2 atom stereocenters. The maximum atomic E-state index is 11.7. The van der Waals surface area contributed by atoms with E-state index in [-0.39, 0.29) is 6.42 Å². The molecule has 0 aromatic heterocycles. The van der Waals surface area contributed by atoms with E-state index >= 15 is 0 Å². The molecule has 0 saturated heterocycles. The number of hydrogen-bond acceptors (Lipinski definition) is 2. The number of alkyl halides is 3. The molecular formula is C6H12F3NO. The molecule has 0 aliphatic carbocycles. The normalized spacial score (nSPS) is 18.0. The van der Waals surface area contributed by atoms with Gasteiger partial charge in [-0.25, -0.2) is 0 Å². The summed E-state index contributed by atoms with van der Waals surface area (Å²) >= 11 is 0. The van der Waals surface area contributed by atoms with Gasteiger partial charge < -0.3 is 10.8 Å². The molecule has 2 nitrogen and oxygen atoms in total. The lowest BCUT2D eigenvalue weighted by molar-refractivity contribution is -0.209. The SMILES string of the molecule is CCC[C@H](N)[C@@H](O)C(F)(F)F. The van der Waals surface area contributed by atoms with Crippen LogP contribution in [0.15, 0.2) is 0 Å². The van der Waals surface area contributed by atoms with E-state index in [9.17, 15) is 13.2 Å². The number of aliphatic hydroxyl groups is 1. The Morgan fingerprint density at radius 3 is 2.18 bits per heavy atom. The van der Waals surface area contributed by atoms with E-state index < -0.39 is 18.3 Å². The first kappa shape index (κ1) is 10.7. The zero-order valence-corrected chi connectivity index (χ0v) is 6.23. The van der Waals surface area contributed by atoms with Gasteiger partial charge in [0.2, 0.25) is 0 Å². The first-order chi connectivity index (χ1) is 4.89.